The normalized spacial score (nSPS) is 19.2. The van der Waals surface area contributed by atoms with Gasteiger partial charge in [0.15, 0.2) is 17.2 Å². The summed E-state index contributed by atoms with van der Waals surface area (Å²) in [5.74, 6) is 0.687. The highest BCUT2D eigenvalue weighted by Gasteiger charge is 2.39. The minimum Gasteiger partial charge on any atom is -0.454 e. The molecule has 3 fully saturated rings. The van der Waals surface area contributed by atoms with Crippen molar-refractivity contribution in [3.8, 4) is 22.8 Å². The number of ether oxygens (including phenoxy) is 2. The summed E-state index contributed by atoms with van der Waals surface area (Å²) in [6.07, 6.45) is 5.53. The van der Waals surface area contributed by atoms with Crippen molar-refractivity contribution in [3.63, 3.8) is 0 Å². The number of hydrogen-bond donors (Lipinski definition) is 1. The van der Waals surface area contributed by atoms with Crippen LogP contribution in [0.3, 0.4) is 0 Å². The van der Waals surface area contributed by atoms with Gasteiger partial charge < -0.3 is 25.0 Å². The molecule has 3 aliphatic rings. The SMILES string of the molecule is CC(C)(C)OC(=O)N1CC(N2CCC(N3CCC(n4nc(-c5ccc(Oc6ccccc6F)cc5)c5c(N)ncnc54)CC3)CC2)C1. The fourth-order valence-electron chi connectivity index (χ4n) is 7.06. The first-order valence-electron chi connectivity index (χ1n) is 16.6. The molecule has 11 nitrogen and oxygen atoms in total. The average molecular weight is 643 g/mol. The number of carbonyl (C=O) groups is 1. The smallest absolute Gasteiger partial charge is 0.410 e. The number of rotatable bonds is 6. The van der Waals surface area contributed by atoms with Crippen LogP contribution in [0.15, 0.2) is 54.9 Å². The summed E-state index contributed by atoms with van der Waals surface area (Å²) in [6, 6.07) is 15.0. The fourth-order valence-corrected chi connectivity index (χ4v) is 7.06. The van der Waals surface area contributed by atoms with E-state index in [1.54, 1.807) is 30.3 Å². The summed E-state index contributed by atoms with van der Waals surface area (Å²) >= 11 is 0. The van der Waals surface area contributed by atoms with Crippen LogP contribution in [0.2, 0.25) is 0 Å². The highest BCUT2D eigenvalue weighted by Crippen LogP contribution is 2.36. The number of benzene rings is 2. The van der Waals surface area contributed by atoms with Gasteiger partial charge in [0.05, 0.1) is 11.4 Å². The number of nitrogen functional groups attached to an aromatic ring is 1. The Balaban J connectivity index is 0.966. The lowest BCUT2D eigenvalue weighted by Crippen LogP contribution is -2.63. The summed E-state index contributed by atoms with van der Waals surface area (Å²) in [4.78, 5) is 28.2. The van der Waals surface area contributed by atoms with Crippen molar-refractivity contribution in [2.75, 3.05) is 45.0 Å². The fraction of sp³-hybridized carbons (Fsp3) is 0.486. The number of aromatic nitrogens is 4. The Hall–Kier alpha value is -4.29. The van der Waals surface area contributed by atoms with E-state index in [-0.39, 0.29) is 17.9 Å². The van der Waals surface area contributed by atoms with Crippen molar-refractivity contribution >= 4 is 22.9 Å². The van der Waals surface area contributed by atoms with Gasteiger partial charge in [0.2, 0.25) is 0 Å². The van der Waals surface area contributed by atoms with Gasteiger partial charge in [-0.1, -0.05) is 12.1 Å². The van der Waals surface area contributed by atoms with Crippen molar-refractivity contribution < 1.29 is 18.7 Å². The molecule has 47 heavy (non-hydrogen) atoms. The molecule has 0 radical (unpaired) electrons. The van der Waals surface area contributed by atoms with Gasteiger partial charge in [-0.15, -0.1) is 0 Å². The van der Waals surface area contributed by atoms with Gasteiger partial charge in [-0.2, -0.15) is 5.10 Å². The summed E-state index contributed by atoms with van der Waals surface area (Å²) in [5, 5.41) is 5.81. The number of fused-ring (bicyclic) bond motifs is 1. The van der Waals surface area contributed by atoms with E-state index in [9.17, 15) is 9.18 Å². The van der Waals surface area contributed by atoms with E-state index in [0.717, 1.165) is 87.2 Å². The molecule has 0 atom stereocenters. The zero-order valence-corrected chi connectivity index (χ0v) is 27.3. The van der Waals surface area contributed by atoms with Gasteiger partial charge in [-0.25, -0.2) is 23.8 Å². The molecule has 2 N–H and O–H groups in total. The topological polar surface area (TPSA) is 115 Å². The lowest BCUT2D eigenvalue weighted by atomic mass is 9.96. The molecule has 248 valence electrons. The Labute approximate surface area is 274 Å². The molecule has 0 unspecified atom stereocenters. The first-order chi connectivity index (χ1) is 22.6. The third-order valence-corrected chi connectivity index (χ3v) is 9.60. The molecule has 3 aliphatic heterocycles. The number of amides is 1. The first-order valence-corrected chi connectivity index (χ1v) is 16.6. The zero-order valence-electron chi connectivity index (χ0n) is 27.3. The van der Waals surface area contributed by atoms with E-state index in [1.165, 1.54) is 12.4 Å². The molecular formula is C35H43FN8O3. The number of halogens is 1. The largest absolute Gasteiger partial charge is 0.454 e. The average Bonchev–Trinajstić information content (AvgIpc) is 3.42. The molecule has 3 saturated heterocycles. The summed E-state index contributed by atoms with van der Waals surface area (Å²) in [6.45, 7) is 11.4. The number of nitrogens with two attached hydrogens (primary N) is 1. The van der Waals surface area contributed by atoms with Crippen molar-refractivity contribution in [3.05, 3.63) is 60.7 Å². The molecule has 0 saturated carbocycles. The minimum absolute atomic E-state index is 0.175. The molecule has 4 aromatic rings. The van der Waals surface area contributed by atoms with Crippen molar-refractivity contribution in [1.82, 2.24) is 34.4 Å². The van der Waals surface area contributed by atoms with Crippen LogP contribution in [-0.2, 0) is 4.74 Å². The number of anilines is 1. The van der Waals surface area contributed by atoms with Crippen LogP contribution in [0, 0.1) is 5.82 Å². The van der Waals surface area contributed by atoms with Crippen molar-refractivity contribution in [2.24, 2.45) is 0 Å². The van der Waals surface area contributed by atoms with Crippen LogP contribution in [0.4, 0.5) is 15.0 Å². The molecule has 12 heteroatoms. The van der Waals surface area contributed by atoms with E-state index < -0.39 is 11.4 Å². The molecule has 0 aliphatic carbocycles. The maximum absolute atomic E-state index is 14.1. The van der Waals surface area contributed by atoms with E-state index in [4.69, 9.17) is 20.3 Å². The predicted octanol–water partition coefficient (Wildman–Crippen LogP) is 5.73. The van der Waals surface area contributed by atoms with E-state index in [2.05, 4.69) is 19.8 Å². The molecular weight excluding hydrogens is 599 g/mol. The standard InChI is InChI=1S/C35H43FN8O3/c1-35(2,3)47-34(45)43-20-26(21-43)42-16-12-24(13-17-42)41-18-14-25(15-19-41)44-33-30(32(37)38-22-39-33)31(40-44)23-8-10-27(11-9-23)46-29-7-5-4-6-28(29)36/h4-11,22,24-26H,12-21H2,1-3H3,(H2,37,38,39). The molecule has 0 bridgehead atoms. The maximum atomic E-state index is 14.1. The van der Waals surface area contributed by atoms with E-state index >= 15 is 0 Å². The Morgan fingerprint density at radius 2 is 1.51 bits per heavy atom. The van der Waals surface area contributed by atoms with Crippen molar-refractivity contribution in [2.45, 2.75) is 70.2 Å². The Morgan fingerprint density at radius 1 is 0.872 bits per heavy atom. The molecule has 7 rings (SSSR count). The second-order valence-corrected chi connectivity index (χ2v) is 13.9. The Bertz CT molecular complexity index is 1720. The summed E-state index contributed by atoms with van der Waals surface area (Å²) < 4.78 is 27.4. The third-order valence-electron chi connectivity index (χ3n) is 9.60. The Morgan fingerprint density at radius 3 is 2.17 bits per heavy atom. The van der Waals surface area contributed by atoms with E-state index in [1.807, 2.05) is 42.5 Å². The van der Waals surface area contributed by atoms with Gasteiger partial charge >= 0.3 is 6.09 Å². The van der Waals surface area contributed by atoms with Gasteiger partial charge in [0, 0.05) is 56.9 Å². The minimum atomic E-state index is -0.462. The Kier molecular flexibility index (Phi) is 8.48. The summed E-state index contributed by atoms with van der Waals surface area (Å²) in [7, 11) is 0. The zero-order chi connectivity index (χ0) is 32.7. The number of likely N-dealkylation sites (tertiary alicyclic amines) is 3. The number of piperidine rings is 2. The third kappa shape index (κ3) is 6.62. The lowest BCUT2D eigenvalue weighted by Gasteiger charge is -2.49. The monoisotopic (exact) mass is 642 g/mol. The van der Waals surface area contributed by atoms with Crippen molar-refractivity contribution in [1.29, 1.82) is 0 Å². The molecule has 1 amide bonds. The number of nitrogens with zero attached hydrogens (tertiary/aromatic N) is 7. The van der Waals surface area contributed by atoms with Gasteiger partial charge in [-0.3, -0.25) is 4.90 Å². The van der Waals surface area contributed by atoms with Crippen LogP contribution >= 0.6 is 0 Å². The highest BCUT2D eigenvalue weighted by atomic mass is 19.1. The van der Waals surface area contributed by atoms with Gasteiger partial charge in [0.25, 0.3) is 0 Å². The molecule has 5 heterocycles. The molecule has 0 spiro atoms. The number of carbonyl (C=O) groups excluding carboxylic acids is 1. The van der Waals surface area contributed by atoms with E-state index in [0.29, 0.717) is 23.7 Å². The van der Waals surface area contributed by atoms with Gasteiger partial charge in [-0.05, 0) is 82.9 Å². The number of hydrogen-bond acceptors (Lipinski definition) is 9. The van der Waals surface area contributed by atoms with Crippen LogP contribution in [-0.4, -0.2) is 97.5 Å². The second-order valence-electron chi connectivity index (χ2n) is 13.9. The van der Waals surface area contributed by atoms with Gasteiger partial charge in [0.1, 0.15) is 29.2 Å². The lowest BCUT2D eigenvalue weighted by molar-refractivity contribution is -0.0259. The summed E-state index contributed by atoms with van der Waals surface area (Å²) in [5.41, 5.74) is 8.26. The molecule has 2 aromatic heterocycles. The predicted molar refractivity (Wildman–Crippen MR) is 178 cm³/mol. The number of para-hydroxylation sites is 1. The second kappa shape index (κ2) is 12.7. The first kappa shape index (κ1) is 31.3. The van der Waals surface area contributed by atoms with Crippen LogP contribution < -0.4 is 10.5 Å². The van der Waals surface area contributed by atoms with Crippen LogP contribution in [0.25, 0.3) is 22.3 Å². The quantitative estimate of drug-likeness (QED) is 0.282. The maximum Gasteiger partial charge on any atom is 0.410 e. The highest BCUT2D eigenvalue weighted by molar-refractivity contribution is 5.98. The van der Waals surface area contributed by atoms with Crippen LogP contribution in [0.1, 0.15) is 52.5 Å². The van der Waals surface area contributed by atoms with Crippen LogP contribution in [0.5, 0.6) is 11.5 Å². The molecule has 2 aromatic carbocycles.